The minimum Gasteiger partial charge on any atom is -0.388 e. The molecule has 1 nitrogen and oxygen atoms in total. The molecule has 0 fully saturated rings. The summed E-state index contributed by atoms with van der Waals surface area (Å²) in [5.74, 6) is 0. The SMILES string of the molecule is OC(Cc1ccc(Cl)cc1)c1cccc2ccccc12. The van der Waals surface area contributed by atoms with Crippen molar-refractivity contribution in [2.75, 3.05) is 0 Å². The zero-order valence-electron chi connectivity index (χ0n) is 11.0. The Balaban J connectivity index is 1.92. The number of hydrogen-bond donors (Lipinski definition) is 1. The van der Waals surface area contributed by atoms with E-state index in [4.69, 9.17) is 11.6 Å². The third-order valence-corrected chi connectivity index (χ3v) is 3.78. The third-order valence-electron chi connectivity index (χ3n) is 3.52. The monoisotopic (exact) mass is 282 g/mol. The van der Waals surface area contributed by atoms with Gasteiger partial charge in [0.25, 0.3) is 0 Å². The maximum absolute atomic E-state index is 10.5. The predicted octanol–water partition coefficient (Wildman–Crippen LogP) is 4.77. The molecule has 3 aromatic carbocycles. The first-order chi connectivity index (χ1) is 9.74. The van der Waals surface area contributed by atoms with Crippen molar-refractivity contribution in [2.45, 2.75) is 12.5 Å². The molecule has 0 heterocycles. The van der Waals surface area contributed by atoms with E-state index < -0.39 is 6.10 Å². The summed E-state index contributed by atoms with van der Waals surface area (Å²) in [5.41, 5.74) is 2.05. The van der Waals surface area contributed by atoms with Gasteiger partial charge in [0.15, 0.2) is 0 Å². The molecule has 0 bridgehead atoms. The molecule has 0 radical (unpaired) electrons. The highest BCUT2D eigenvalue weighted by atomic mass is 35.5. The molecule has 0 saturated heterocycles. The average Bonchev–Trinajstić information content (AvgIpc) is 2.49. The molecule has 100 valence electrons. The van der Waals surface area contributed by atoms with Crippen LogP contribution in [-0.4, -0.2) is 5.11 Å². The Bertz CT molecular complexity index is 714. The number of hydrogen-bond acceptors (Lipinski definition) is 1. The van der Waals surface area contributed by atoms with Crippen LogP contribution in [0.4, 0.5) is 0 Å². The van der Waals surface area contributed by atoms with Gasteiger partial charge < -0.3 is 5.11 Å². The first-order valence-corrected chi connectivity index (χ1v) is 7.02. The van der Waals surface area contributed by atoms with Crippen molar-refractivity contribution in [3.8, 4) is 0 Å². The fourth-order valence-electron chi connectivity index (χ4n) is 2.49. The van der Waals surface area contributed by atoms with Gasteiger partial charge in [0.1, 0.15) is 0 Å². The lowest BCUT2D eigenvalue weighted by Crippen LogP contribution is -2.02. The highest BCUT2D eigenvalue weighted by molar-refractivity contribution is 6.30. The van der Waals surface area contributed by atoms with Gasteiger partial charge in [-0.15, -0.1) is 0 Å². The Kier molecular flexibility index (Phi) is 3.72. The van der Waals surface area contributed by atoms with Gasteiger partial charge in [-0.05, 0) is 34.0 Å². The summed E-state index contributed by atoms with van der Waals surface area (Å²) in [6.45, 7) is 0. The van der Waals surface area contributed by atoms with Gasteiger partial charge in [0.2, 0.25) is 0 Å². The van der Waals surface area contributed by atoms with E-state index in [1.165, 1.54) is 0 Å². The summed E-state index contributed by atoms with van der Waals surface area (Å²) >= 11 is 5.88. The van der Waals surface area contributed by atoms with E-state index in [9.17, 15) is 5.11 Å². The lowest BCUT2D eigenvalue weighted by molar-refractivity contribution is 0.180. The normalized spacial score (nSPS) is 12.5. The molecule has 0 aromatic heterocycles. The van der Waals surface area contributed by atoms with Crippen LogP contribution in [0.1, 0.15) is 17.2 Å². The molecule has 1 N–H and O–H groups in total. The lowest BCUT2D eigenvalue weighted by atomic mass is 9.96. The number of benzene rings is 3. The van der Waals surface area contributed by atoms with Gasteiger partial charge in [-0.25, -0.2) is 0 Å². The maximum atomic E-state index is 10.5. The van der Waals surface area contributed by atoms with Gasteiger partial charge in [0, 0.05) is 11.4 Å². The largest absolute Gasteiger partial charge is 0.388 e. The number of halogens is 1. The summed E-state index contributed by atoms with van der Waals surface area (Å²) in [6.07, 6.45) is 0.0767. The van der Waals surface area contributed by atoms with Crippen LogP contribution in [0.25, 0.3) is 10.8 Å². The van der Waals surface area contributed by atoms with Gasteiger partial charge in [-0.1, -0.05) is 66.2 Å². The van der Waals surface area contributed by atoms with Crippen LogP contribution in [0.5, 0.6) is 0 Å². The summed E-state index contributed by atoms with van der Waals surface area (Å²) in [6, 6.07) is 21.8. The van der Waals surface area contributed by atoms with E-state index in [1.54, 1.807) is 0 Å². The molecule has 1 atom stereocenters. The summed E-state index contributed by atoms with van der Waals surface area (Å²) in [7, 11) is 0. The second kappa shape index (κ2) is 5.66. The molecule has 3 aromatic rings. The Hall–Kier alpha value is -1.83. The van der Waals surface area contributed by atoms with Crippen molar-refractivity contribution in [3.05, 3.63) is 82.9 Å². The molecule has 0 aliphatic rings. The van der Waals surface area contributed by atoms with E-state index in [1.807, 2.05) is 48.5 Å². The first-order valence-electron chi connectivity index (χ1n) is 6.64. The molecule has 0 aliphatic carbocycles. The van der Waals surface area contributed by atoms with E-state index in [0.717, 1.165) is 21.9 Å². The molecule has 0 saturated carbocycles. The standard InChI is InChI=1S/C18H15ClO/c19-15-10-8-13(9-11-15)12-18(20)17-7-3-5-14-4-1-2-6-16(14)17/h1-11,18,20H,12H2. The van der Waals surface area contributed by atoms with Crippen LogP contribution in [0, 0.1) is 0 Å². The lowest BCUT2D eigenvalue weighted by Gasteiger charge is -2.14. The Morgan fingerprint density at radius 2 is 1.55 bits per heavy atom. The van der Waals surface area contributed by atoms with E-state index in [2.05, 4.69) is 18.2 Å². The van der Waals surface area contributed by atoms with Crippen molar-refractivity contribution in [2.24, 2.45) is 0 Å². The molecule has 0 aliphatic heterocycles. The van der Waals surface area contributed by atoms with Gasteiger partial charge in [-0.3, -0.25) is 0 Å². The third kappa shape index (κ3) is 2.69. The maximum Gasteiger partial charge on any atom is 0.0836 e. The molecule has 3 rings (SSSR count). The molecule has 1 unspecified atom stereocenters. The zero-order chi connectivity index (χ0) is 13.9. The molecule has 0 amide bonds. The topological polar surface area (TPSA) is 20.2 Å². The Morgan fingerprint density at radius 1 is 0.850 bits per heavy atom. The van der Waals surface area contributed by atoms with Gasteiger partial charge >= 0.3 is 0 Å². The van der Waals surface area contributed by atoms with Crippen LogP contribution in [0.3, 0.4) is 0 Å². The van der Waals surface area contributed by atoms with Crippen LogP contribution in [0.15, 0.2) is 66.7 Å². The molecular formula is C18H15ClO. The quantitative estimate of drug-likeness (QED) is 0.734. The minimum absolute atomic E-state index is 0.512. The molecule has 0 spiro atoms. The highest BCUT2D eigenvalue weighted by Crippen LogP contribution is 2.26. The fourth-order valence-corrected chi connectivity index (χ4v) is 2.62. The smallest absolute Gasteiger partial charge is 0.0836 e. The van der Waals surface area contributed by atoms with Crippen molar-refractivity contribution in [3.63, 3.8) is 0 Å². The number of aliphatic hydroxyl groups excluding tert-OH is 1. The second-order valence-electron chi connectivity index (χ2n) is 4.91. The number of aliphatic hydroxyl groups is 1. The minimum atomic E-state index is -0.512. The fraction of sp³-hybridized carbons (Fsp3) is 0.111. The van der Waals surface area contributed by atoms with Gasteiger partial charge in [-0.2, -0.15) is 0 Å². The van der Waals surface area contributed by atoms with E-state index >= 15 is 0 Å². The van der Waals surface area contributed by atoms with Gasteiger partial charge in [0.05, 0.1) is 6.10 Å². The van der Waals surface area contributed by atoms with Crippen molar-refractivity contribution in [1.29, 1.82) is 0 Å². The van der Waals surface area contributed by atoms with E-state index in [0.29, 0.717) is 11.4 Å². The number of rotatable bonds is 3. The van der Waals surface area contributed by atoms with Crippen molar-refractivity contribution < 1.29 is 5.11 Å². The van der Waals surface area contributed by atoms with E-state index in [-0.39, 0.29) is 0 Å². The number of fused-ring (bicyclic) bond motifs is 1. The van der Waals surface area contributed by atoms with Crippen LogP contribution in [-0.2, 0) is 6.42 Å². The van der Waals surface area contributed by atoms with Crippen molar-refractivity contribution in [1.82, 2.24) is 0 Å². The average molecular weight is 283 g/mol. The zero-order valence-corrected chi connectivity index (χ0v) is 11.7. The molecular weight excluding hydrogens is 268 g/mol. The van der Waals surface area contributed by atoms with Crippen molar-refractivity contribution >= 4 is 22.4 Å². The van der Waals surface area contributed by atoms with Crippen LogP contribution < -0.4 is 0 Å². The second-order valence-corrected chi connectivity index (χ2v) is 5.35. The first kappa shape index (κ1) is 13.2. The summed E-state index contributed by atoms with van der Waals surface area (Å²) in [4.78, 5) is 0. The Morgan fingerprint density at radius 3 is 2.35 bits per heavy atom. The summed E-state index contributed by atoms with van der Waals surface area (Å²) < 4.78 is 0. The Labute approximate surface area is 123 Å². The summed E-state index contributed by atoms with van der Waals surface area (Å²) in [5, 5.41) is 13.5. The molecule has 2 heteroatoms. The van der Waals surface area contributed by atoms with Crippen LogP contribution in [0.2, 0.25) is 5.02 Å². The molecule has 20 heavy (non-hydrogen) atoms. The predicted molar refractivity (Wildman–Crippen MR) is 84.1 cm³/mol. The van der Waals surface area contributed by atoms with Crippen LogP contribution >= 0.6 is 11.6 Å². The highest BCUT2D eigenvalue weighted by Gasteiger charge is 2.11.